The molecule has 1 heterocycles. The number of nitro groups is 1. The summed E-state index contributed by atoms with van der Waals surface area (Å²) in [5.41, 5.74) is 0.851. The number of hydrogen-bond donors (Lipinski definition) is 1. The van der Waals surface area contributed by atoms with Crippen molar-refractivity contribution in [3.8, 4) is 0 Å². The summed E-state index contributed by atoms with van der Waals surface area (Å²) in [7, 11) is 0. The Morgan fingerprint density at radius 3 is 2.62 bits per heavy atom. The molecular weight excluding hydrogens is 234 g/mol. The molecule has 0 bridgehead atoms. The normalized spacial score (nSPS) is 18.5. The van der Waals surface area contributed by atoms with Gasteiger partial charge in [-0.15, -0.1) is 0 Å². The molecule has 1 aliphatic rings. The third kappa shape index (κ3) is 2.34. The van der Waals surface area contributed by atoms with E-state index in [-0.39, 0.29) is 5.69 Å². The van der Waals surface area contributed by atoms with E-state index in [1.807, 2.05) is 0 Å². The Labute approximate surface area is 93.0 Å². The fourth-order valence-corrected chi connectivity index (χ4v) is 1.71. The fraction of sp³-hybridized carbons (Fsp3) is 0.125. The van der Waals surface area contributed by atoms with Crippen molar-refractivity contribution in [2.45, 2.75) is 6.42 Å². The van der Waals surface area contributed by atoms with Gasteiger partial charge in [0, 0.05) is 18.6 Å². The zero-order valence-electron chi connectivity index (χ0n) is 7.95. The standard InChI is InChI=1S/C8H7N3O4S/c12-11(13)7-3-1-6(2-4-7)5-8-9-15-16(14)10-8/h1-4H,5H2,(H,9,10). The summed E-state index contributed by atoms with van der Waals surface area (Å²) in [5.74, 6) is 0.437. The Morgan fingerprint density at radius 1 is 1.44 bits per heavy atom. The zero-order chi connectivity index (χ0) is 11.5. The van der Waals surface area contributed by atoms with Gasteiger partial charge >= 0.3 is 11.3 Å². The van der Waals surface area contributed by atoms with Crippen molar-refractivity contribution in [3.05, 3.63) is 39.9 Å². The third-order valence-corrected chi connectivity index (χ3v) is 2.55. The van der Waals surface area contributed by atoms with Crippen LogP contribution in [-0.4, -0.2) is 15.0 Å². The van der Waals surface area contributed by atoms with Crippen molar-refractivity contribution in [3.63, 3.8) is 0 Å². The molecule has 1 aliphatic heterocycles. The van der Waals surface area contributed by atoms with Crippen molar-refractivity contribution < 1.29 is 13.4 Å². The molecule has 1 aromatic carbocycles. The van der Waals surface area contributed by atoms with E-state index in [4.69, 9.17) is 0 Å². The molecule has 0 fully saturated rings. The number of rotatable bonds is 3. The highest BCUT2D eigenvalue weighted by atomic mass is 32.2. The molecule has 0 saturated carbocycles. The molecule has 2 rings (SSSR count). The van der Waals surface area contributed by atoms with Crippen molar-refractivity contribution in [2.75, 3.05) is 0 Å². The molecule has 0 radical (unpaired) electrons. The number of nitrogens with zero attached hydrogens (tertiary/aromatic N) is 2. The van der Waals surface area contributed by atoms with Crippen LogP contribution in [0.25, 0.3) is 0 Å². The van der Waals surface area contributed by atoms with Crippen LogP contribution in [0, 0.1) is 10.1 Å². The second kappa shape index (κ2) is 4.27. The maximum absolute atomic E-state index is 10.8. The van der Waals surface area contributed by atoms with Gasteiger partial charge in [-0.1, -0.05) is 17.3 Å². The molecule has 7 nitrogen and oxygen atoms in total. The molecule has 84 valence electrons. The average Bonchev–Trinajstić information content (AvgIpc) is 2.65. The monoisotopic (exact) mass is 241 g/mol. The van der Waals surface area contributed by atoms with Gasteiger partial charge in [-0.3, -0.25) is 19.1 Å². The van der Waals surface area contributed by atoms with E-state index < -0.39 is 16.2 Å². The van der Waals surface area contributed by atoms with Gasteiger partial charge in [-0.2, -0.15) is 4.21 Å². The summed E-state index contributed by atoms with van der Waals surface area (Å²) >= 11 is -1.60. The van der Waals surface area contributed by atoms with E-state index in [0.717, 1.165) is 5.56 Å². The summed E-state index contributed by atoms with van der Waals surface area (Å²) < 4.78 is 17.7. The van der Waals surface area contributed by atoms with E-state index in [1.54, 1.807) is 12.1 Å². The number of hydrogen-bond acceptors (Lipinski definition) is 5. The largest absolute Gasteiger partial charge is 0.338 e. The Balaban J connectivity index is 2.06. The lowest BCUT2D eigenvalue weighted by Gasteiger charge is -1.98. The first-order valence-electron chi connectivity index (χ1n) is 4.31. The number of nitrogens with one attached hydrogen (secondary N) is 1. The zero-order valence-corrected chi connectivity index (χ0v) is 8.77. The Hall–Kier alpha value is -1.96. The minimum atomic E-state index is -1.60. The highest BCUT2D eigenvalue weighted by Gasteiger charge is 2.15. The van der Waals surface area contributed by atoms with Gasteiger partial charge in [0.25, 0.3) is 5.69 Å². The lowest BCUT2D eigenvalue weighted by molar-refractivity contribution is -0.384. The molecule has 0 aromatic heterocycles. The lowest BCUT2D eigenvalue weighted by Crippen LogP contribution is -2.21. The van der Waals surface area contributed by atoms with Gasteiger partial charge in [0.2, 0.25) is 0 Å². The topological polar surface area (TPSA) is 93.8 Å². The van der Waals surface area contributed by atoms with E-state index in [9.17, 15) is 14.3 Å². The molecule has 1 atom stereocenters. The van der Waals surface area contributed by atoms with E-state index in [0.29, 0.717) is 12.3 Å². The van der Waals surface area contributed by atoms with Crippen LogP contribution in [0.1, 0.15) is 5.56 Å². The Morgan fingerprint density at radius 2 is 2.12 bits per heavy atom. The number of amidine groups is 1. The van der Waals surface area contributed by atoms with E-state index >= 15 is 0 Å². The van der Waals surface area contributed by atoms with Crippen molar-refractivity contribution in [1.29, 1.82) is 0 Å². The quantitative estimate of drug-likeness (QED) is 0.621. The van der Waals surface area contributed by atoms with E-state index in [1.165, 1.54) is 12.1 Å². The van der Waals surface area contributed by atoms with Crippen LogP contribution in [0.3, 0.4) is 0 Å². The molecule has 1 unspecified atom stereocenters. The molecule has 0 amide bonds. The summed E-state index contributed by atoms with van der Waals surface area (Å²) in [4.78, 5) is 9.94. The summed E-state index contributed by atoms with van der Waals surface area (Å²) in [6, 6.07) is 6.04. The Kier molecular flexibility index (Phi) is 2.82. The van der Waals surface area contributed by atoms with Crippen LogP contribution in [-0.2, 0) is 22.0 Å². The summed E-state index contributed by atoms with van der Waals surface area (Å²) in [6.07, 6.45) is 0.393. The smallest absolute Gasteiger partial charge is 0.269 e. The molecule has 16 heavy (non-hydrogen) atoms. The second-order valence-electron chi connectivity index (χ2n) is 3.05. The van der Waals surface area contributed by atoms with Gasteiger partial charge in [-0.05, 0) is 5.56 Å². The van der Waals surface area contributed by atoms with Gasteiger partial charge in [0.15, 0.2) is 5.84 Å². The molecule has 1 aromatic rings. The first-order chi connectivity index (χ1) is 7.65. The predicted molar refractivity (Wildman–Crippen MR) is 56.6 cm³/mol. The van der Waals surface area contributed by atoms with Gasteiger partial charge < -0.3 is 0 Å². The highest BCUT2D eigenvalue weighted by Crippen LogP contribution is 2.13. The average molecular weight is 241 g/mol. The van der Waals surface area contributed by atoms with Crippen LogP contribution in [0.2, 0.25) is 0 Å². The Bertz CT molecular complexity index is 471. The van der Waals surface area contributed by atoms with Crippen molar-refractivity contribution >= 4 is 22.8 Å². The number of non-ortho nitro benzene ring substituents is 1. The number of nitro benzene ring substituents is 1. The fourth-order valence-electron chi connectivity index (χ4n) is 1.21. The summed E-state index contributed by atoms with van der Waals surface area (Å²) in [5, 5.41) is 14.0. The van der Waals surface area contributed by atoms with Crippen molar-refractivity contribution in [1.82, 2.24) is 4.72 Å². The molecule has 0 saturated heterocycles. The minimum Gasteiger partial charge on any atom is -0.269 e. The molecular formula is C8H7N3O4S. The first-order valence-corrected chi connectivity index (χ1v) is 5.39. The number of benzene rings is 1. The van der Waals surface area contributed by atoms with Gasteiger partial charge in [0.05, 0.1) is 4.92 Å². The van der Waals surface area contributed by atoms with E-state index in [2.05, 4.69) is 14.2 Å². The maximum Gasteiger partial charge on any atom is 0.338 e. The molecule has 0 spiro atoms. The SMILES string of the molecule is O=[N+]([O-])c1ccc(CC2=NOS(=O)N2)cc1. The van der Waals surface area contributed by atoms with Crippen LogP contribution in [0.5, 0.6) is 0 Å². The molecule has 0 aliphatic carbocycles. The van der Waals surface area contributed by atoms with Gasteiger partial charge in [-0.25, -0.2) is 0 Å². The molecule has 1 N–H and O–H groups in total. The highest BCUT2D eigenvalue weighted by molar-refractivity contribution is 7.79. The van der Waals surface area contributed by atoms with Crippen LogP contribution >= 0.6 is 0 Å². The number of oxime groups is 1. The predicted octanol–water partition coefficient (Wildman–Crippen LogP) is 0.649. The van der Waals surface area contributed by atoms with Crippen LogP contribution < -0.4 is 4.72 Å². The van der Waals surface area contributed by atoms with Gasteiger partial charge in [0.1, 0.15) is 0 Å². The second-order valence-corrected chi connectivity index (χ2v) is 3.87. The third-order valence-electron chi connectivity index (χ3n) is 1.94. The lowest BCUT2D eigenvalue weighted by atomic mass is 10.1. The van der Waals surface area contributed by atoms with Crippen LogP contribution in [0.15, 0.2) is 29.4 Å². The minimum absolute atomic E-state index is 0.0323. The molecule has 8 heteroatoms. The van der Waals surface area contributed by atoms with Crippen molar-refractivity contribution in [2.24, 2.45) is 5.16 Å². The maximum atomic E-state index is 10.8. The first kappa shape index (κ1) is 10.6. The van der Waals surface area contributed by atoms with Crippen LogP contribution in [0.4, 0.5) is 5.69 Å². The summed E-state index contributed by atoms with van der Waals surface area (Å²) in [6.45, 7) is 0.